The van der Waals surface area contributed by atoms with Crippen LogP contribution in [-0.2, 0) is 0 Å². The van der Waals surface area contributed by atoms with Crippen LogP contribution >= 0.6 is 11.3 Å². The van der Waals surface area contributed by atoms with E-state index in [1.54, 1.807) is 11.3 Å². The van der Waals surface area contributed by atoms with Gasteiger partial charge < -0.3 is 4.57 Å². The van der Waals surface area contributed by atoms with Crippen molar-refractivity contribution in [2.24, 2.45) is 0 Å². The van der Waals surface area contributed by atoms with Crippen molar-refractivity contribution < 1.29 is 0 Å². The topological polar surface area (TPSA) is 17.8 Å². The number of thiophene rings is 1. The summed E-state index contributed by atoms with van der Waals surface area (Å²) in [6.07, 6.45) is 3.88. The first-order valence-electron chi connectivity index (χ1n) is 4.36. The zero-order valence-electron chi connectivity index (χ0n) is 7.77. The third-order valence-electron chi connectivity index (χ3n) is 1.97. The first-order valence-corrected chi connectivity index (χ1v) is 5.23. The number of aromatic nitrogens is 2. The molecule has 0 aliphatic heterocycles. The molecule has 0 fully saturated rings. The molecule has 0 unspecified atom stereocenters. The molecular weight excluding hydrogens is 180 g/mol. The lowest BCUT2D eigenvalue weighted by molar-refractivity contribution is 0.607. The molecule has 2 aromatic heterocycles. The summed E-state index contributed by atoms with van der Waals surface area (Å²) in [6, 6.07) is 4.63. The molecule has 0 amide bonds. The van der Waals surface area contributed by atoms with Gasteiger partial charge in [0.15, 0.2) is 0 Å². The van der Waals surface area contributed by atoms with Crippen LogP contribution in [0.25, 0.3) is 10.7 Å². The predicted molar refractivity (Wildman–Crippen MR) is 55.9 cm³/mol. The van der Waals surface area contributed by atoms with E-state index in [9.17, 15) is 0 Å². The molecule has 2 aromatic rings. The van der Waals surface area contributed by atoms with Crippen molar-refractivity contribution in [1.29, 1.82) is 0 Å². The molecule has 0 aromatic carbocycles. The van der Waals surface area contributed by atoms with E-state index in [2.05, 4.69) is 40.9 Å². The first kappa shape index (κ1) is 8.51. The Morgan fingerprint density at radius 2 is 2.31 bits per heavy atom. The van der Waals surface area contributed by atoms with Crippen LogP contribution in [0.5, 0.6) is 0 Å². The van der Waals surface area contributed by atoms with E-state index in [0.717, 1.165) is 5.82 Å². The highest BCUT2D eigenvalue weighted by Crippen LogP contribution is 2.24. The summed E-state index contributed by atoms with van der Waals surface area (Å²) >= 11 is 1.73. The summed E-state index contributed by atoms with van der Waals surface area (Å²) in [6.45, 7) is 4.33. The Labute approximate surface area is 81.9 Å². The average Bonchev–Trinajstić information content (AvgIpc) is 2.74. The smallest absolute Gasteiger partial charge is 0.150 e. The number of nitrogens with zero attached hydrogens (tertiary/aromatic N) is 2. The molecule has 0 radical (unpaired) electrons. The van der Waals surface area contributed by atoms with Crippen molar-refractivity contribution in [2.75, 3.05) is 0 Å². The summed E-state index contributed by atoms with van der Waals surface area (Å²) in [4.78, 5) is 5.59. The molecule has 0 aliphatic carbocycles. The number of hydrogen-bond acceptors (Lipinski definition) is 2. The van der Waals surface area contributed by atoms with E-state index in [-0.39, 0.29) is 0 Å². The Kier molecular flexibility index (Phi) is 2.19. The van der Waals surface area contributed by atoms with Crippen LogP contribution in [0.2, 0.25) is 0 Å². The Morgan fingerprint density at radius 1 is 1.46 bits per heavy atom. The van der Waals surface area contributed by atoms with Crippen LogP contribution in [0, 0.1) is 0 Å². The molecule has 13 heavy (non-hydrogen) atoms. The second kappa shape index (κ2) is 3.34. The SMILES string of the molecule is CC(C)n1ccnc1-c1cccs1. The summed E-state index contributed by atoms with van der Waals surface area (Å²) in [5, 5.41) is 2.08. The van der Waals surface area contributed by atoms with E-state index >= 15 is 0 Å². The van der Waals surface area contributed by atoms with Crippen LogP contribution < -0.4 is 0 Å². The lowest BCUT2D eigenvalue weighted by atomic mass is 10.3. The normalized spacial score (nSPS) is 11.0. The van der Waals surface area contributed by atoms with E-state index < -0.39 is 0 Å². The number of hydrogen-bond donors (Lipinski definition) is 0. The molecule has 2 rings (SSSR count). The van der Waals surface area contributed by atoms with Gasteiger partial charge in [0.2, 0.25) is 0 Å². The van der Waals surface area contributed by atoms with Gasteiger partial charge in [0.05, 0.1) is 4.88 Å². The lowest BCUT2D eigenvalue weighted by Crippen LogP contribution is -2.00. The molecule has 2 nitrogen and oxygen atoms in total. The van der Waals surface area contributed by atoms with Gasteiger partial charge in [-0.1, -0.05) is 6.07 Å². The van der Waals surface area contributed by atoms with Crippen molar-refractivity contribution in [3.8, 4) is 10.7 Å². The average molecular weight is 192 g/mol. The second-order valence-corrected chi connectivity index (χ2v) is 4.18. The standard InChI is InChI=1S/C10H12N2S/c1-8(2)12-6-5-11-10(12)9-4-3-7-13-9/h3-8H,1-2H3. The highest BCUT2D eigenvalue weighted by Gasteiger charge is 2.08. The third kappa shape index (κ3) is 1.52. The maximum absolute atomic E-state index is 4.35. The van der Waals surface area contributed by atoms with Crippen molar-refractivity contribution in [3.05, 3.63) is 29.9 Å². The fourth-order valence-corrected chi connectivity index (χ4v) is 2.05. The highest BCUT2D eigenvalue weighted by atomic mass is 32.1. The van der Waals surface area contributed by atoms with E-state index in [1.807, 2.05) is 12.4 Å². The molecule has 2 heterocycles. The molecule has 0 aliphatic rings. The maximum Gasteiger partial charge on any atom is 0.150 e. The first-order chi connectivity index (χ1) is 6.29. The molecule has 3 heteroatoms. The van der Waals surface area contributed by atoms with Gasteiger partial charge in [-0.3, -0.25) is 0 Å². The van der Waals surface area contributed by atoms with Gasteiger partial charge in [0.1, 0.15) is 5.82 Å². The van der Waals surface area contributed by atoms with Crippen LogP contribution in [-0.4, -0.2) is 9.55 Å². The quantitative estimate of drug-likeness (QED) is 0.714. The van der Waals surface area contributed by atoms with Crippen molar-refractivity contribution in [1.82, 2.24) is 9.55 Å². The van der Waals surface area contributed by atoms with Gasteiger partial charge in [-0.15, -0.1) is 11.3 Å². The Hall–Kier alpha value is -1.09. The molecule has 0 bridgehead atoms. The van der Waals surface area contributed by atoms with Crippen LogP contribution in [0.15, 0.2) is 29.9 Å². The Morgan fingerprint density at radius 3 is 2.92 bits per heavy atom. The fourth-order valence-electron chi connectivity index (χ4n) is 1.33. The van der Waals surface area contributed by atoms with E-state index in [1.165, 1.54) is 4.88 Å². The minimum absolute atomic E-state index is 0.472. The summed E-state index contributed by atoms with van der Waals surface area (Å²) in [7, 11) is 0. The Balaban J connectivity index is 2.46. The largest absolute Gasteiger partial charge is 0.328 e. The minimum Gasteiger partial charge on any atom is -0.328 e. The van der Waals surface area contributed by atoms with E-state index in [4.69, 9.17) is 0 Å². The van der Waals surface area contributed by atoms with Gasteiger partial charge in [-0.05, 0) is 25.3 Å². The molecule has 0 spiro atoms. The van der Waals surface area contributed by atoms with Crippen molar-refractivity contribution in [3.63, 3.8) is 0 Å². The molecule has 0 saturated heterocycles. The number of imidazole rings is 1. The lowest BCUT2D eigenvalue weighted by Gasteiger charge is -2.09. The number of rotatable bonds is 2. The molecule has 0 saturated carbocycles. The van der Waals surface area contributed by atoms with Crippen molar-refractivity contribution >= 4 is 11.3 Å². The zero-order chi connectivity index (χ0) is 9.26. The summed E-state index contributed by atoms with van der Waals surface area (Å²) < 4.78 is 2.19. The second-order valence-electron chi connectivity index (χ2n) is 3.23. The van der Waals surface area contributed by atoms with E-state index in [0.29, 0.717) is 6.04 Å². The third-order valence-corrected chi connectivity index (χ3v) is 2.83. The molecular formula is C10H12N2S. The molecule has 68 valence electrons. The van der Waals surface area contributed by atoms with Gasteiger partial charge in [-0.2, -0.15) is 0 Å². The van der Waals surface area contributed by atoms with Gasteiger partial charge in [0.25, 0.3) is 0 Å². The highest BCUT2D eigenvalue weighted by molar-refractivity contribution is 7.13. The minimum atomic E-state index is 0.472. The molecule has 0 N–H and O–H groups in total. The predicted octanol–water partition coefficient (Wildman–Crippen LogP) is 3.19. The Bertz CT molecular complexity index is 373. The molecule has 0 atom stereocenters. The fraction of sp³-hybridized carbons (Fsp3) is 0.300. The van der Waals surface area contributed by atoms with Crippen LogP contribution in [0.1, 0.15) is 19.9 Å². The summed E-state index contributed by atoms with van der Waals surface area (Å²) in [5.74, 6) is 1.07. The monoisotopic (exact) mass is 192 g/mol. The van der Waals surface area contributed by atoms with Crippen LogP contribution in [0.3, 0.4) is 0 Å². The van der Waals surface area contributed by atoms with Crippen LogP contribution in [0.4, 0.5) is 0 Å². The zero-order valence-corrected chi connectivity index (χ0v) is 8.58. The van der Waals surface area contributed by atoms with Gasteiger partial charge >= 0.3 is 0 Å². The summed E-state index contributed by atoms with van der Waals surface area (Å²) in [5.41, 5.74) is 0. The van der Waals surface area contributed by atoms with Gasteiger partial charge in [-0.25, -0.2) is 4.98 Å². The van der Waals surface area contributed by atoms with Gasteiger partial charge in [0, 0.05) is 18.4 Å². The maximum atomic E-state index is 4.35. The van der Waals surface area contributed by atoms with Crippen molar-refractivity contribution in [2.45, 2.75) is 19.9 Å².